The maximum atomic E-state index is 12.8. The van der Waals surface area contributed by atoms with E-state index >= 15 is 0 Å². The van der Waals surface area contributed by atoms with Gasteiger partial charge in [-0.25, -0.2) is 4.79 Å². The van der Waals surface area contributed by atoms with Crippen LogP contribution >= 0.6 is 23.4 Å². The molecule has 0 aliphatic heterocycles. The Kier molecular flexibility index (Phi) is 7.24. The summed E-state index contributed by atoms with van der Waals surface area (Å²) in [6, 6.07) is 13.8. The second-order valence-electron chi connectivity index (χ2n) is 5.65. The highest BCUT2D eigenvalue weighted by atomic mass is 35.5. The van der Waals surface area contributed by atoms with Gasteiger partial charge in [-0.15, -0.1) is 0 Å². The van der Waals surface area contributed by atoms with Crippen LogP contribution in [0.25, 0.3) is 0 Å². The number of hydrogen-bond donors (Lipinski definition) is 2. The van der Waals surface area contributed by atoms with Gasteiger partial charge < -0.3 is 10.4 Å². The minimum Gasteiger partial charge on any atom is -0.478 e. The van der Waals surface area contributed by atoms with Gasteiger partial charge in [0, 0.05) is 12.7 Å². The molecule has 2 aromatic carbocycles. The van der Waals surface area contributed by atoms with E-state index < -0.39 is 11.9 Å². The Bertz CT molecular complexity index is 810. The molecule has 1 unspecified atom stereocenters. The average molecular weight is 392 g/mol. The lowest BCUT2D eigenvalue weighted by atomic mass is 10.00. The van der Waals surface area contributed by atoms with Crippen molar-refractivity contribution in [2.75, 3.05) is 11.1 Å². The molecule has 5 nitrogen and oxygen atoms in total. The van der Waals surface area contributed by atoms with Gasteiger partial charge in [-0.05, 0) is 24.1 Å². The number of benzene rings is 2. The van der Waals surface area contributed by atoms with Crippen molar-refractivity contribution in [2.45, 2.75) is 13.3 Å². The predicted molar refractivity (Wildman–Crippen MR) is 104 cm³/mol. The Balaban J connectivity index is 2.23. The third kappa shape index (κ3) is 5.61. The van der Waals surface area contributed by atoms with E-state index in [0.29, 0.717) is 12.2 Å². The van der Waals surface area contributed by atoms with E-state index in [1.807, 2.05) is 30.3 Å². The number of anilines is 1. The van der Waals surface area contributed by atoms with Crippen molar-refractivity contribution in [2.24, 2.45) is 5.92 Å². The molecule has 0 radical (unpaired) electrons. The van der Waals surface area contributed by atoms with Crippen molar-refractivity contribution in [3.8, 4) is 0 Å². The number of halogens is 1. The number of nitrogens with one attached hydrogen (secondary N) is 1. The van der Waals surface area contributed by atoms with Crippen LogP contribution in [0.1, 0.15) is 22.8 Å². The number of amides is 1. The topological polar surface area (TPSA) is 83.5 Å². The molecular formula is C19H18ClNO4S. The number of para-hydroxylation sites is 1. The predicted octanol–water partition coefficient (Wildman–Crippen LogP) is 4.12. The van der Waals surface area contributed by atoms with E-state index in [4.69, 9.17) is 11.6 Å². The molecule has 0 saturated heterocycles. The van der Waals surface area contributed by atoms with Crippen molar-refractivity contribution >= 4 is 46.0 Å². The fourth-order valence-corrected chi connectivity index (χ4v) is 3.33. The maximum absolute atomic E-state index is 12.8. The Morgan fingerprint density at radius 1 is 1.12 bits per heavy atom. The largest absolute Gasteiger partial charge is 0.478 e. The quantitative estimate of drug-likeness (QED) is 0.741. The molecule has 0 aliphatic rings. The molecule has 1 amide bonds. The first-order valence-corrected chi connectivity index (χ1v) is 9.24. The second kappa shape index (κ2) is 9.40. The van der Waals surface area contributed by atoms with Gasteiger partial charge in [0.2, 0.25) is 5.91 Å². The fraction of sp³-hybridized carbons (Fsp3) is 0.211. The van der Waals surface area contributed by atoms with E-state index in [-0.39, 0.29) is 27.3 Å². The van der Waals surface area contributed by atoms with Crippen LogP contribution in [0, 0.1) is 5.92 Å². The molecule has 2 rings (SSSR count). The van der Waals surface area contributed by atoms with E-state index in [2.05, 4.69) is 5.32 Å². The number of rotatable bonds is 7. The van der Waals surface area contributed by atoms with Crippen LogP contribution in [-0.2, 0) is 16.0 Å². The summed E-state index contributed by atoms with van der Waals surface area (Å²) < 4.78 is 0. The van der Waals surface area contributed by atoms with Gasteiger partial charge in [-0.3, -0.25) is 9.59 Å². The molecule has 136 valence electrons. The second-order valence-corrected chi connectivity index (χ2v) is 7.25. The number of carboxylic acid groups (broad SMARTS) is 1. The van der Waals surface area contributed by atoms with Crippen LogP contribution in [0.4, 0.5) is 5.69 Å². The number of carbonyl (C=O) groups is 3. The van der Waals surface area contributed by atoms with Crippen LogP contribution < -0.4 is 5.32 Å². The Morgan fingerprint density at radius 2 is 1.81 bits per heavy atom. The van der Waals surface area contributed by atoms with E-state index in [0.717, 1.165) is 17.3 Å². The molecule has 7 heteroatoms. The normalized spacial score (nSPS) is 11.6. The number of carboxylic acids is 1. The summed E-state index contributed by atoms with van der Waals surface area (Å²) >= 11 is 7.14. The molecule has 0 saturated carbocycles. The SMILES string of the molecule is CC(=O)SCC(Cc1ccccc1)C(=O)Nc1c(Cl)cccc1C(=O)O. The van der Waals surface area contributed by atoms with Gasteiger partial charge in [0.15, 0.2) is 5.12 Å². The minimum absolute atomic E-state index is 0.0672. The lowest BCUT2D eigenvalue weighted by Gasteiger charge is -2.18. The number of carbonyl (C=O) groups excluding carboxylic acids is 2. The average Bonchev–Trinajstić information content (AvgIpc) is 2.60. The summed E-state index contributed by atoms with van der Waals surface area (Å²) in [7, 11) is 0. The molecule has 0 fully saturated rings. The first-order valence-electron chi connectivity index (χ1n) is 7.88. The first-order chi connectivity index (χ1) is 12.4. The number of aromatic carboxylic acids is 1. The minimum atomic E-state index is -1.18. The van der Waals surface area contributed by atoms with E-state index in [1.54, 1.807) is 0 Å². The van der Waals surface area contributed by atoms with Crippen molar-refractivity contribution in [1.29, 1.82) is 0 Å². The molecular weight excluding hydrogens is 374 g/mol. The Hall–Kier alpha value is -2.31. The van der Waals surface area contributed by atoms with Crippen LogP contribution in [0.5, 0.6) is 0 Å². The monoisotopic (exact) mass is 391 g/mol. The molecule has 26 heavy (non-hydrogen) atoms. The van der Waals surface area contributed by atoms with E-state index in [9.17, 15) is 19.5 Å². The summed E-state index contributed by atoms with van der Waals surface area (Å²) in [6.07, 6.45) is 0.430. The lowest BCUT2D eigenvalue weighted by molar-refractivity contribution is -0.119. The van der Waals surface area contributed by atoms with Gasteiger partial charge >= 0.3 is 5.97 Å². The standard InChI is InChI=1S/C19H18ClNO4S/c1-12(22)26-11-14(10-13-6-3-2-4-7-13)18(23)21-17-15(19(24)25)8-5-9-16(17)20/h2-9,14H,10-11H2,1H3,(H,21,23)(H,24,25). The number of thioether (sulfide) groups is 1. The third-order valence-corrected chi connectivity index (χ3v) is 4.97. The summed E-state index contributed by atoms with van der Waals surface area (Å²) in [5, 5.41) is 12.0. The fourth-order valence-electron chi connectivity index (χ4n) is 2.40. The van der Waals surface area contributed by atoms with Crippen LogP contribution in [0.2, 0.25) is 5.02 Å². The molecule has 2 N–H and O–H groups in total. The zero-order valence-corrected chi connectivity index (χ0v) is 15.6. The first kappa shape index (κ1) is 20.0. The zero-order valence-electron chi connectivity index (χ0n) is 14.1. The summed E-state index contributed by atoms with van der Waals surface area (Å²) in [5.41, 5.74) is 0.940. The maximum Gasteiger partial charge on any atom is 0.337 e. The van der Waals surface area contributed by atoms with Crippen LogP contribution in [0.3, 0.4) is 0 Å². The Morgan fingerprint density at radius 3 is 2.42 bits per heavy atom. The highest BCUT2D eigenvalue weighted by Crippen LogP contribution is 2.27. The van der Waals surface area contributed by atoms with Crippen molar-refractivity contribution < 1.29 is 19.5 Å². The molecule has 0 bridgehead atoms. The van der Waals surface area contributed by atoms with Gasteiger partial charge in [-0.1, -0.05) is 59.8 Å². The molecule has 1 atom stereocenters. The molecule has 0 spiro atoms. The molecule has 0 aliphatic carbocycles. The lowest BCUT2D eigenvalue weighted by Crippen LogP contribution is -2.28. The van der Waals surface area contributed by atoms with Crippen LogP contribution in [0.15, 0.2) is 48.5 Å². The van der Waals surface area contributed by atoms with Gasteiger partial charge in [0.1, 0.15) is 0 Å². The Labute approximate surface area is 160 Å². The van der Waals surface area contributed by atoms with E-state index in [1.165, 1.54) is 25.1 Å². The smallest absolute Gasteiger partial charge is 0.337 e. The zero-order chi connectivity index (χ0) is 19.1. The number of hydrogen-bond acceptors (Lipinski definition) is 4. The third-order valence-electron chi connectivity index (χ3n) is 3.68. The van der Waals surface area contributed by atoms with Crippen molar-refractivity contribution in [3.63, 3.8) is 0 Å². The highest BCUT2D eigenvalue weighted by Gasteiger charge is 2.23. The summed E-state index contributed by atoms with van der Waals surface area (Å²) in [6.45, 7) is 1.44. The molecule has 0 aromatic heterocycles. The van der Waals surface area contributed by atoms with Crippen LogP contribution in [-0.4, -0.2) is 27.9 Å². The van der Waals surface area contributed by atoms with Crippen molar-refractivity contribution in [3.05, 3.63) is 64.7 Å². The summed E-state index contributed by atoms with van der Waals surface area (Å²) in [4.78, 5) is 35.5. The highest BCUT2D eigenvalue weighted by molar-refractivity contribution is 8.13. The van der Waals surface area contributed by atoms with Crippen molar-refractivity contribution in [1.82, 2.24) is 0 Å². The summed E-state index contributed by atoms with van der Waals surface area (Å²) in [5.74, 6) is -1.77. The molecule has 0 heterocycles. The molecule has 2 aromatic rings. The van der Waals surface area contributed by atoms with Gasteiger partial charge in [-0.2, -0.15) is 0 Å². The van der Waals surface area contributed by atoms with Gasteiger partial charge in [0.05, 0.1) is 22.2 Å². The van der Waals surface area contributed by atoms with Gasteiger partial charge in [0.25, 0.3) is 0 Å².